The summed E-state index contributed by atoms with van der Waals surface area (Å²) in [7, 11) is 0. The van der Waals surface area contributed by atoms with Crippen LogP contribution in [0.15, 0.2) is 0 Å². The van der Waals surface area contributed by atoms with E-state index in [1.807, 2.05) is 13.8 Å². The molecule has 4 bridgehead atoms. The van der Waals surface area contributed by atoms with Crippen LogP contribution < -0.4 is 5.32 Å². The third kappa shape index (κ3) is 2.99. The number of amides is 1. The van der Waals surface area contributed by atoms with E-state index in [-0.39, 0.29) is 34.3 Å². The lowest BCUT2D eigenvalue weighted by Crippen LogP contribution is -2.56. The van der Waals surface area contributed by atoms with E-state index in [0.29, 0.717) is 11.8 Å². The Hall–Kier alpha value is -0.580. The van der Waals surface area contributed by atoms with E-state index < -0.39 is 0 Å². The first-order chi connectivity index (χ1) is 9.80. The van der Waals surface area contributed by atoms with E-state index in [0.717, 1.165) is 19.3 Å². The molecule has 0 spiro atoms. The number of ether oxygens (including phenoxy) is 1. The molecule has 0 aromatic carbocycles. The lowest BCUT2D eigenvalue weighted by molar-refractivity contribution is -0.171. The van der Waals surface area contributed by atoms with Crippen LogP contribution in [0.2, 0.25) is 0 Å². The maximum absolute atomic E-state index is 12.6. The minimum absolute atomic E-state index is 0.0709. The molecule has 21 heavy (non-hydrogen) atoms. The molecule has 0 aromatic rings. The fourth-order valence-corrected chi connectivity index (χ4v) is 6.49. The third-order valence-electron chi connectivity index (χ3n) is 5.21. The van der Waals surface area contributed by atoms with Crippen LogP contribution in [0.25, 0.3) is 0 Å². The Kier molecular flexibility index (Phi) is 3.83. The number of hydrogen-bond donors (Lipinski definition) is 1. The lowest BCUT2D eigenvalue weighted by Gasteiger charge is -2.58. The van der Waals surface area contributed by atoms with E-state index in [1.54, 1.807) is 0 Å². The first-order valence-corrected chi connectivity index (χ1v) is 8.75. The van der Waals surface area contributed by atoms with Crippen molar-refractivity contribution in [1.29, 1.82) is 0 Å². The highest BCUT2D eigenvalue weighted by atomic mass is 79.9. The Morgan fingerprint density at radius 2 is 1.86 bits per heavy atom. The van der Waals surface area contributed by atoms with Gasteiger partial charge in [0.05, 0.1) is 5.41 Å². The largest absolute Gasteiger partial charge is 0.455 e. The van der Waals surface area contributed by atoms with Crippen LogP contribution in [0.5, 0.6) is 0 Å². The molecule has 4 aliphatic carbocycles. The monoisotopic (exact) mass is 357 g/mol. The van der Waals surface area contributed by atoms with Crippen LogP contribution in [0.4, 0.5) is 0 Å². The summed E-state index contributed by atoms with van der Waals surface area (Å²) in [5.41, 5.74) is -0.342. The number of rotatable bonds is 4. The molecular formula is C16H24BrNO3. The maximum atomic E-state index is 12.6. The highest BCUT2D eigenvalue weighted by molar-refractivity contribution is 9.10. The second-order valence-electron chi connectivity index (χ2n) is 7.69. The standard InChI is InChI=1S/C16H24BrNO3/c1-10(2)18-13(19)8-21-14(20)15-4-11-3-12(5-15)7-16(17,6-11)9-15/h10-12H,3-9H2,1-2H3,(H,18,19)/t11-,12+,15?,16?. The van der Waals surface area contributed by atoms with E-state index in [1.165, 1.54) is 19.3 Å². The predicted molar refractivity (Wildman–Crippen MR) is 83.0 cm³/mol. The van der Waals surface area contributed by atoms with Gasteiger partial charge >= 0.3 is 5.97 Å². The second kappa shape index (κ2) is 5.25. The molecule has 4 aliphatic rings. The van der Waals surface area contributed by atoms with Crippen molar-refractivity contribution in [3.8, 4) is 0 Å². The van der Waals surface area contributed by atoms with Crippen molar-refractivity contribution in [1.82, 2.24) is 5.32 Å². The predicted octanol–water partition coefficient (Wildman–Crippen LogP) is 2.79. The Labute approximate surface area is 134 Å². The number of halogens is 1. The summed E-state index contributed by atoms with van der Waals surface area (Å²) >= 11 is 3.89. The molecule has 0 aromatic heterocycles. The van der Waals surface area contributed by atoms with Gasteiger partial charge in [0.15, 0.2) is 6.61 Å². The summed E-state index contributed by atoms with van der Waals surface area (Å²) in [5.74, 6) is 0.918. The number of nitrogens with one attached hydrogen (secondary N) is 1. The summed E-state index contributed by atoms with van der Waals surface area (Å²) in [6, 6.07) is 0.0709. The molecule has 0 radical (unpaired) electrons. The van der Waals surface area contributed by atoms with Gasteiger partial charge in [-0.15, -0.1) is 0 Å². The zero-order chi connectivity index (χ0) is 15.3. The van der Waals surface area contributed by atoms with Gasteiger partial charge in [-0.1, -0.05) is 15.9 Å². The molecule has 0 saturated heterocycles. The molecular weight excluding hydrogens is 334 g/mol. The van der Waals surface area contributed by atoms with Crippen molar-refractivity contribution in [3.63, 3.8) is 0 Å². The molecule has 2 unspecified atom stereocenters. The van der Waals surface area contributed by atoms with E-state index >= 15 is 0 Å². The quantitative estimate of drug-likeness (QED) is 0.621. The summed E-state index contributed by atoms with van der Waals surface area (Å²) in [5, 5.41) is 2.75. The molecule has 1 amide bonds. The van der Waals surface area contributed by atoms with Gasteiger partial charge in [0.1, 0.15) is 0 Å². The van der Waals surface area contributed by atoms with Gasteiger partial charge < -0.3 is 10.1 Å². The molecule has 5 heteroatoms. The van der Waals surface area contributed by atoms with Crippen LogP contribution in [-0.2, 0) is 14.3 Å². The van der Waals surface area contributed by atoms with Crippen LogP contribution >= 0.6 is 15.9 Å². The highest BCUT2D eigenvalue weighted by Crippen LogP contribution is 2.64. The van der Waals surface area contributed by atoms with Gasteiger partial charge in [-0.3, -0.25) is 9.59 Å². The van der Waals surface area contributed by atoms with E-state index in [2.05, 4.69) is 21.2 Å². The number of carbonyl (C=O) groups excluding carboxylic acids is 2. The van der Waals surface area contributed by atoms with Crippen molar-refractivity contribution in [2.75, 3.05) is 6.61 Å². The van der Waals surface area contributed by atoms with Gasteiger partial charge in [-0.05, 0) is 64.2 Å². The van der Waals surface area contributed by atoms with E-state index in [9.17, 15) is 9.59 Å². The Bertz CT molecular complexity index is 448. The molecule has 4 saturated carbocycles. The normalized spacial score (nSPS) is 40.4. The molecule has 1 N–H and O–H groups in total. The summed E-state index contributed by atoms with van der Waals surface area (Å²) in [6.45, 7) is 3.64. The molecule has 4 rings (SSSR count). The highest BCUT2D eigenvalue weighted by Gasteiger charge is 2.60. The summed E-state index contributed by atoms with van der Waals surface area (Å²) in [6.07, 6.45) is 6.40. The summed E-state index contributed by atoms with van der Waals surface area (Å²) in [4.78, 5) is 24.3. The lowest BCUT2D eigenvalue weighted by atomic mass is 9.49. The Balaban J connectivity index is 1.63. The van der Waals surface area contributed by atoms with Gasteiger partial charge in [-0.2, -0.15) is 0 Å². The molecule has 118 valence electrons. The number of alkyl halides is 1. The maximum Gasteiger partial charge on any atom is 0.312 e. The SMILES string of the molecule is CC(C)NC(=O)COC(=O)C12C[C@@H]3C[C@@H](CC(Br)(C3)C1)C2. The first kappa shape index (κ1) is 15.3. The van der Waals surface area contributed by atoms with Crippen molar-refractivity contribution in [2.45, 2.75) is 62.7 Å². The molecule has 4 atom stereocenters. The zero-order valence-electron chi connectivity index (χ0n) is 12.8. The van der Waals surface area contributed by atoms with E-state index in [4.69, 9.17) is 4.74 Å². The van der Waals surface area contributed by atoms with Gasteiger partial charge in [0, 0.05) is 10.4 Å². The summed E-state index contributed by atoms with van der Waals surface area (Å²) < 4.78 is 5.50. The van der Waals surface area contributed by atoms with Crippen LogP contribution in [-0.4, -0.2) is 28.8 Å². The van der Waals surface area contributed by atoms with Crippen LogP contribution in [0.1, 0.15) is 52.4 Å². The topological polar surface area (TPSA) is 55.4 Å². The minimum atomic E-state index is -0.342. The molecule has 0 aliphatic heterocycles. The Morgan fingerprint density at radius 3 is 2.38 bits per heavy atom. The second-order valence-corrected chi connectivity index (χ2v) is 9.37. The van der Waals surface area contributed by atoms with Crippen molar-refractivity contribution in [3.05, 3.63) is 0 Å². The zero-order valence-corrected chi connectivity index (χ0v) is 14.4. The Morgan fingerprint density at radius 1 is 1.24 bits per heavy atom. The fraction of sp³-hybridized carbons (Fsp3) is 0.875. The van der Waals surface area contributed by atoms with Crippen molar-refractivity contribution in [2.24, 2.45) is 17.3 Å². The fourth-order valence-electron chi connectivity index (χ4n) is 5.04. The molecule has 4 nitrogen and oxygen atoms in total. The average Bonchev–Trinajstić information content (AvgIpc) is 2.31. The van der Waals surface area contributed by atoms with Gasteiger partial charge in [-0.25, -0.2) is 0 Å². The third-order valence-corrected chi connectivity index (χ3v) is 6.13. The first-order valence-electron chi connectivity index (χ1n) is 7.96. The van der Waals surface area contributed by atoms with Crippen molar-refractivity contribution >= 4 is 27.8 Å². The molecule has 0 heterocycles. The van der Waals surface area contributed by atoms with Crippen LogP contribution in [0, 0.1) is 17.3 Å². The smallest absolute Gasteiger partial charge is 0.312 e. The minimum Gasteiger partial charge on any atom is -0.455 e. The molecule has 4 fully saturated rings. The van der Waals surface area contributed by atoms with Gasteiger partial charge in [0.2, 0.25) is 0 Å². The van der Waals surface area contributed by atoms with Crippen molar-refractivity contribution < 1.29 is 14.3 Å². The number of esters is 1. The number of hydrogen-bond acceptors (Lipinski definition) is 3. The van der Waals surface area contributed by atoms with Gasteiger partial charge in [0.25, 0.3) is 5.91 Å². The number of carbonyl (C=O) groups is 2. The average molecular weight is 358 g/mol. The van der Waals surface area contributed by atoms with Crippen LogP contribution in [0.3, 0.4) is 0 Å².